The maximum atomic E-state index is 3.28. The molecule has 0 spiro atoms. The molecule has 0 saturated carbocycles. The fourth-order valence-corrected chi connectivity index (χ4v) is 2.57. The van der Waals surface area contributed by atoms with Crippen LogP contribution in [0.3, 0.4) is 0 Å². The summed E-state index contributed by atoms with van der Waals surface area (Å²) in [6.45, 7) is 3.64. The van der Waals surface area contributed by atoms with Crippen molar-refractivity contribution in [2.24, 2.45) is 0 Å². The molecule has 0 atom stereocenters. The number of likely N-dealkylation sites (tertiary alicyclic amines) is 1. The highest BCUT2D eigenvalue weighted by Gasteiger charge is 2.10. The molecule has 0 bridgehead atoms. The van der Waals surface area contributed by atoms with Gasteiger partial charge in [-0.2, -0.15) is 0 Å². The number of hydrogen-bond acceptors (Lipinski definition) is 1. The van der Waals surface area contributed by atoms with Crippen molar-refractivity contribution in [1.82, 2.24) is 9.88 Å². The Morgan fingerprint density at radius 3 is 2.81 bits per heavy atom. The van der Waals surface area contributed by atoms with Crippen LogP contribution in [0.15, 0.2) is 30.5 Å². The molecule has 1 fully saturated rings. The Morgan fingerprint density at radius 2 is 1.94 bits per heavy atom. The van der Waals surface area contributed by atoms with Gasteiger partial charge in [0, 0.05) is 18.3 Å². The van der Waals surface area contributed by atoms with Gasteiger partial charge in [-0.3, -0.25) is 4.90 Å². The van der Waals surface area contributed by atoms with Gasteiger partial charge in [0.2, 0.25) is 0 Å². The molecule has 0 radical (unpaired) electrons. The lowest BCUT2D eigenvalue weighted by molar-refractivity contribution is 0.221. The third-order valence-corrected chi connectivity index (χ3v) is 3.47. The first-order chi connectivity index (χ1) is 7.92. The number of piperidine rings is 1. The summed E-state index contributed by atoms with van der Waals surface area (Å²) in [6, 6.07) is 8.87. The van der Waals surface area contributed by atoms with Crippen LogP contribution in [0.5, 0.6) is 0 Å². The lowest BCUT2D eigenvalue weighted by Crippen LogP contribution is -2.29. The van der Waals surface area contributed by atoms with E-state index in [2.05, 4.69) is 34.1 Å². The summed E-state index contributed by atoms with van der Waals surface area (Å²) >= 11 is 0. The second-order valence-electron chi connectivity index (χ2n) is 4.74. The summed E-state index contributed by atoms with van der Waals surface area (Å²) in [5.74, 6) is 0. The van der Waals surface area contributed by atoms with Gasteiger partial charge in [-0.25, -0.2) is 0 Å². The van der Waals surface area contributed by atoms with Gasteiger partial charge in [0.1, 0.15) is 0 Å². The van der Waals surface area contributed by atoms with Crippen LogP contribution in [-0.2, 0) is 6.54 Å². The average Bonchev–Trinajstić information content (AvgIpc) is 2.77. The number of rotatable bonds is 2. The highest BCUT2D eigenvalue weighted by atomic mass is 15.1. The van der Waals surface area contributed by atoms with Crippen molar-refractivity contribution in [3.63, 3.8) is 0 Å². The maximum Gasteiger partial charge on any atom is 0.0457 e. The predicted octanol–water partition coefficient (Wildman–Crippen LogP) is 3.15. The van der Waals surface area contributed by atoms with Gasteiger partial charge in [0.25, 0.3) is 0 Å². The first kappa shape index (κ1) is 9.91. The minimum atomic E-state index is 1.11. The molecule has 1 saturated heterocycles. The van der Waals surface area contributed by atoms with Crippen molar-refractivity contribution in [2.75, 3.05) is 13.1 Å². The van der Waals surface area contributed by atoms with E-state index in [9.17, 15) is 0 Å². The van der Waals surface area contributed by atoms with E-state index in [0.29, 0.717) is 0 Å². The first-order valence-electron chi connectivity index (χ1n) is 6.20. The maximum absolute atomic E-state index is 3.28. The van der Waals surface area contributed by atoms with Crippen molar-refractivity contribution in [3.05, 3.63) is 36.0 Å². The lowest BCUT2D eigenvalue weighted by atomic mass is 10.1. The largest absolute Gasteiger partial charge is 0.361 e. The molecule has 2 aromatic rings. The van der Waals surface area contributed by atoms with E-state index in [1.165, 1.54) is 48.8 Å². The molecule has 3 rings (SSSR count). The van der Waals surface area contributed by atoms with E-state index in [0.717, 1.165) is 6.54 Å². The fourth-order valence-electron chi connectivity index (χ4n) is 2.57. The molecule has 84 valence electrons. The van der Waals surface area contributed by atoms with E-state index in [1.54, 1.807) is 0 Å². The Bertz CT molecular complexity index is 466. The van der Waals surface area contributed by atoms with Crippen LogP contribution in [0.25, 0.3) is 10.9 Å². The van der Waals surface area contributed by atoms with Crippen LogP contribution in [0, 0.1) is 0 Å². The van der Waals surface area contributed by atoms with Crippen molar-refractivity contribution in [2.45, 2.75) is 25.8 Å². The zero-order chi connectivity index (χ0) is 10.8. The Balaban J connectivity index is 1.77. The summed E-state index contributed by atoms with van der Waals surface area (Å²) in [6.07, 6.45) is 6.15. The van der Waals surface area contributed by atoms with Crippen LogP contribution in [0.2, 0.25) is 0 Å². The van der Waals surface area contributed by atoms with Crippen molar-refractivity contribution >= 4 is 10.9 Å². The smallest absolute Gasteiger partial charge is 0.0457 e. The second-order valence-corrected chi connectivity index (χ2v) is 4.74. The Hall–Kier alpha value is -1.28. The molecule has 2 heteroatoms. The summed E-state index contributed by atoms with van der Waals surface area (Å²) in [7, 11) is 0. The van der Waals surface area contributed by atoms with E-state index in [4.69, 9.17) is 0 Å². The third-order valence-electron chi connectivity index (χ3n) is 3.47. The first-order valence-corrected chi connectivity index (χ1v) is 6.20. The topological polar surface area (TPSA) is 19.0 Å². The summed E-state index contributed by atoms with van der Waals surface area (Å²) < 4.78 is 0. The van der Waals surface area contributed by atoms with E-state index < -0.39 is 0 Å². The standard InChI is InChI=1S/C14H18N2/c1-2-8-16(9-3-1)11-12-4-5-13-6-7-15-14(13)10-12/h4-7,10,15H,1-3,8-9,11H2. The molecule has 1 N–H and O–H groups in total. The van der Waals surface area contributed by atoms with Crippen LogP contribution in [0.1, 0.15) is 24.8 Å². The summed E-state index contributed by atoms with van der Waals surface area (Å²) in [4.78, 5) is 5.84. The quantitative estimate of drug-likeness (QED) is 0.813. The molecule has 2 nitrogen and oxygen atoms in total. The van der Waals surface area contributed by atoms with Crippen LogP contribution < -0.4 is 0 Å². The molecule has 2 heterocycles. The molecular formula is C14H18N2. The minimum absolute atomic E-state index is 1.11. The van der Waals surface area contributed by atoms with E-state index in [-0.39, 0.29) is 0 Å². The normalized spacial score (nSPS) is 18.0. The molecule has 1 aliphatic heterocycles. The van der Waals surface area contributed by atoms with Gasteiger partial charge in [0.05, 0.1) is 0 Å². The Morgan fingerprint density at radius 1 is 1.06 bits per heavy atom. The molecule has 1 aromatic heterocycles. The van der Waals surface area contributed by atoms with E-state index in [1.807, 2.05) is 6.20 Å². The second kappa shape index (κ2) is 4.30. The Labute approximate surface area is 96.3 Å². The average molecular weight is 214 g/mol. The summed E-state index contributed by atoms with van der Waals surface area (Å²) in [5.41, 5.74) is 2.69. The number of aromatic nitrogens is 1. The van der Waals surface area contributed by atoms with Gasteiger partial charge in [-0.15, -0.1) is 0 Å². The highest BCUT2D eigenvalue weighted by Crippen LogP contribution is 2.17. The molecule has 0 amide bonds. The van der Waals surface area contributed by atoms with Crippen molar-refractivity contribution in [3.8, 4) is 0 Å². The number of nitrogens with zero attached hydrogens (tertiary/aromatic N) is 1. The Kier molecular flexibility index (Phi) is 2.66. The van der Waals surface area contributed by atoms with Gasteiger partial charge < -0.3 is 4.98 Å². The SMILES string of the molecule is c1cc2ccc(CN3CCCCC3)cc2[nH]1. The monoisotopic (exact) mass is 214 g/mol. The summed E-state index contributed by atoms with van der Waals surface area (Å²) in [5, 5.41) is 1.31. The molecule has 1 aromatic carbocycles. The van der Waals surface area contributed by atoms with Crippen LogP contribution >= 0.6 is 0 Å². The molecular weight excluding hydrogens is 196 g/mol. The van der Waals surface area contributed by atoms with E-state index >= 15 is 0 Å². The van der Waals surface area contributed by atoms with Gasteiger partial charge >= 0.3 is 0 Å². The van der Waals surface area contributed by atoms with Gasteiger partial charge in [0.15, 0.2) is 0 Å². The number of H-pyrrole nitrogens is 1. The van der Waals surface area contributed by atoms with Crippen LogP contribution in [0.4, 0.5) is 0 Å². The fraction of sp³-hybridized carbons (Fsp3) is 0.429. The van der Waals surface area contributed by atoms with Crippen LogP contribution in [-0.4, -0.2) is 23.0 Å². The number of fused-ring (bicyclic) bond motifs is 1. The molecule has 16 heavy (non-hydrogen) atoms. The zero-order valence-electron chi connectivity index (χ0n) is 9.58. The predicted molar refractivity (Wildman–Crippen MR) is 67.4 cm³/mol. The highest BCUT2D eigenvalue weighted by molar-refractivity contribution is 5.79. The molecule has 1 aliphatic rings. The van der Waals surface area contributed by atoms with Crippen molar-refractivity contribution in [1.29, 1.82) is 0 Å². The number of benzene rings is 1. The number of aromatic amines is 1. The lowest BCUT2D eigenvalue weighted by Gasteiger charge is -2.26. The molecule has 0 aliphatic carbocycles. The minimum Gasteiger partial charge on any atom is -0.361 e. The van der Waals surface area contributed by atoms with Crippen molar-refractivity contribution < 1.29 is 0 Å². The molecule has 0 unspecified atom stereocenters. The third kappa shape index (κ3) is 1.98. The zero-order valence-corrected chi connectivity index (χ0v) is 9.58. The van der Waals surface area contributed by atoms with Gasteiger partial charge in [-0.1, -0.05) is 18.6 Å². The number of hydrogen-bond donors (Lipinski definition) is 1. The number of nitrogens with one attached hydrogen (secondary N) is 1. The van der Waals surface area contributed by atoms with Gasteiger partial charge in [-0.05, 0) is 49.0 Å².